The standard InChI is InChI=1S/C23H23ClN6O3S/c24-17-3-1-16(2-4-17)20-13-30-19(14-33-20)22(26-27-30)23(32)29-11-9-28(10-12-29)21(31)15-34-18-5-7-25-8-6-18/h1-8,20H,9-15H2. The van der Waals surface area contributed by atoms with Crippen molar-refractivity contribution in [3.05, 3.63) is 70.8 Å². The number of halogens is 1. The number of nitrogens with zero attached hydrogens (tertiary/aromatic N) is 6. The number of benzene rings is 1. The number of carbonyl (C=O) groups excluding carboxylic acids is 2. The van der Waals surface area contributed by atoms with Crippen molar-refractivity contribution < 1.29 is 14.3 Å². The van der Waals surface area contributed by atoms with Gasteiger partial charge in [-0.25, -0.2) is 4.68 Å². The minimum Gasteiger partial charge on any atom is -0.365 e. The lowest BCUT2D eigenvalue weighted by Gasteiger charge is -2.34. The summed E-state index contributed by atoms with van der Waals surface area (Å²) in [7, 11) is 0. The molecule has 1 saturated heterocycles. The van der Waals surface area contributed by atoms with Gasteiger partial charge in [0, 0.05) is 48.5 Å². The molecule has 0 N–H and O–H groups in total. The van der Waals surface area contributed by atoms with Crippen LogP contribution in [0.5, 0.6) is 0 Å². The molecule has 0 radical (unpaired) electrons. The summed E-state index contributed by atoms with van der Waals surface area (Å²) in [5, 5.41) is 9.04. The van der Waals surface area contributed by atoms with Crippen LogP contribution in [0.25, 0.3) is 0 Å². The van der Waals surface area contributed by atoms with Crippen LogP contribution in [0.3, 0.4) is 0 Å². The molecule has 34 heavy (non-hydrogen) atoms. The van der Waals surface area contributed by atoms with E-state index in [0.717, 1.165) is 10.5 Å². The predicted molar refractivity (Wildman–Crippen MR) is 126 cm³/mol. The molecule has 176 valence electrons. The monoisotopic (exact) mass is 498 g/mol. The Hall–Kier alpha value is -2.95. The van der Waals surface area contributed by atoms with Gasteiger partial charge in [-0.05, 0) is 29.8 Å². The highest BCUT2D eigenvalue weighted by molar-refractivity contribution is 8.00. The second-order valence-electron chi connectivity index (χ2n) is 8.06. The lowest BCUT2D eigenvalue weighted by molar-refractivity contribution is -0.129. The van der Waals surface area contributed by atoms with Crippen LogP contribution in [0.2, 0.25) is 5.02 Å². The van der Waals surface area contributed by atoms with Crippen molar-refractivity contribution in [3.63, 3.8) is 0 Å². The quantitative estimate of drug-likeness (QED) is 0.499. The van der Waals surface area contributed by atoms with Crippen LogP contribution in [0.15, 0.2) is 53.7 Å². The maximum atomic E-state index is 13.1. The molecule has 1 unspecified atom stereocenters. The molecule has 11 heteroatoms. The lowest BCUT2D eigenvalue weighted by Crippen LogP contribution is -2.51. The summed E-state index contributed by atoms with van der Waals surface area (Å²) in [6.07, 6.45) is 3.25. The first-order valence-corrected chi connectivity index (χ1v) is 12.3. The number of amides is 2. The zero-order valence-electron chi connectivity index (χ0n) is 18.3. The molecule has 2 aromatic heterocycles. The fourth-order valence-corrected chi connectivity index (χ4v) is 4.95. The van der Waals surface area contributed by atoms with Crippen molar-refractivity contribution in [1.29, 1.82) is 0 Å². The third kappa shape index (κ3) is 4.94. The van der Waals surface area contributed by atoms with Crippen molar-refractivity contribution in [2.24, 2.45) is 0 Å². The van der Waals surface area contributed by atoms with Gasteiger partial charge in [0.25, 0.3) is 5.91 Å². The van der Waals surface area contributed by atoms with Crippen molar-refractivity contribution in [2.75, 3.05) is 31.9 Å². The molecule has 2 amide bonds. The van der Waals surface area contributed by atoms with Gasteiger partial charge in [-0.2, -0.15) is 0 Å². The van der Waals surface area contributed by atoms with Crippen LogP contribution in [-0.2, 0) is 22.7 Å². The zero-order chi connectivity index (χ0) is 23.5. The largest absolute Gasteiger partial charge is 0.365 e. The topological polar surface area (TPSA) is 93.5 Å². The Morgan fingerprint density at radius 3 is 2.47 bits per heavy atom. The summed E-state index contributed by atoms with van der Waals surface area (Å²) >= 11 is 7.46. The average Bonchev–Trinajstić information content (AvgIpc) is 3.31. The maximum absolute atomic E-state index is 13.1. The molecule has 0 bridgehead atoms. The number of rotatable bonds is 5. The molecule has 2 aliphatic rings. The number of ether oxygens (including phenoxy) is 1. The van der Waals surface area contributed by atoms with E-state index in [4.69, 9.17) is 16.3 Å². The minimum absolute atomic E-state index is 0.0663. The second kappa shape index (κ2) is 10.1. The van der Waals surface area contributed by atoms with Gasteiger partial charge in [-0.3, -0.25) is 14.6 Å². The summed E-state index contributed by atoms with van der Waals surface area (Å²) in [5.41, 5.74) is 2.01. The summed E-state index contributed by atoms with van der Waals surface area (Å²) < 4.78 is 7.75. The Morgan fingerprint density at radius 1 is 1.03 bits per heavy atom. The van der Waals surface area contributed by atoms with Gasteiger partial charge in [0.1, 0.15) is 6.10 Å². The molecule has 3 aromatic rings. The van der Waals surface area contributed by atoms with Gasteiger partial charge >= 0.3 is 0 Å². The summed E-state index contributed by atoms with van der Waals surface area (Å²) in [6.45, 7) is 2.66. The third-order valence-electron chi connectivity index (χ3n) is 5.97. The molecular formula is C23H23ClN6O3S. The van der Waals surface area contributed by atoms with E-state index >= 15 is 0 Å². The van der Waals surface area contributed by atoms with Crippen molar-refractivity contribution >= 4 is 35.2 Å². The number of hydrogen-bond acceptors (Lipinski definition) is 7. The van der Waals surface area contributed by atoms with E-state index in [1.807, 2.05) is 36.4 Å². The fourth-order valence-electron chi connectivity index (χ4n) is 4.04. The number of aromatic nitrogens is 4. The summed E-state index contributed by atoms with van der Waals surface area (Å²) in [4.78, 5) is 34.2. The smallest absolute Gasteiger partial charge is 0.276 e. The number of piperazine rings is 1. The van der Waals surface area contributed by atoms with E-state index in [1.165, 1.54) is 11.8 Å². The van der Waals surface area contributed by atoms with Crippen molar-refractivity contribution in [1.82, 2.24) is 29.8 Å². The molecule has 0 saturated carbocycles. The highest BCUT2D eigenvalue weighted by Gasteiger charge is 2.32. The van der Waals surface area contributed by atoms with E-state index in [0.29, 0.717) is 54.9 Å². The molecule has 1 atom stereocenters. The van der Waals surface area contributed by atoms with Crippen molar-refractivity contribution in [3.8, 4) is 0 Å². The molecule has 1 aromatic carbocycles. The van der Waals surface area contributed by atoms with Gasteiger partial charge in [-0.15, -0.1) is 16.9 Å². The molecule has 9 nitrogen and oxygen atoms in total. The molecule has 5 rings (SSSR count). The van der Waals surface area contributed by atoms with Gasteiger partial charge in [0.2, 0.25) is 5.91 Å². The normalized spacial score (nSPS) is 18.0. The van der Waals surface area contributed by atoms with Crippen LogP contribution in [0.1, 0.15) is 27.8 Å². The van der Waals surface area contributed by atoms with Crippen LogP contribution < -0.4 is 0 Å². The van der Waals surface area contributed by atoms with Crippen LogP contribution in [0.4, 0.5) is 0 Å². The Balaban J connectivity index is 1.16. The van der Waals surface area contributed by atoms with Crippen LogP contribution in [0, 0.1) is 0 Å². The maximum Gasteiger partial charge on any atom is 0.276 e. The predicted octanol–water partition coefficient (Wildman–Crippen LogP) is 2.67. The minimum atomic E-state index is -0.173. The Labute approximate surface area is 206 Å². The van der Waals surface area contributed by atoms with E-state index in [9.17, 15) is 9.59 Å². The Kier molecular flexibility index (Phi) is 6.80. The molecule has 4 heterocycles. The zero-order valence-corrected chi connectivity index (χ0v) is 19.9. The summed E-state index contributed by atoms with van der Waals surface area (Å²) in [6, 6.07) is 11.3. The third-order valence-corrected chi connectivity index (χ3v) is 7.22. The van der Waals surface area contributed by atoms with E-state index < -0.39 is 0 Å². The highest BCUT2D eigenvalue weighted by atomic mass is 35.5. The first kappa shape index (κ1) is 22.8. The van der Waals surface area contributed by atoms with Crippen LogP contribution in [-0.4, -0.2) is 73.5 Å². The SMILES string of the molecule is O=C(CSc1ccncc1)N1CCN(C(=O)c2nnn3c2COC(c2ccc(Cl)cc2)C3)CC1. The molecular weight excluding hydrogens is 476 g/mol. The molecule has 0 aliphatic carbocycles. The van der Waals surface area contributed by atoms with Gasteiger partial charge in [0.15, 0.2) is 5.69 Å². The van der Waals surface area contributed by atoms with E-state index in [1.54, 1.807) is 26.9 Å². The number of pyridine rings is 1. The van der Waals surface area contributed by atoms with E-state index in [-0.39, 0.29) is 24.5 Å². The number of hydrogen-bond donors (Lipinski definition) is 0. The fraction of sp³-hybridized carbons (Fsp3) is 0.348. The first-order valence-electron chi connectivity index (χ1n) is 11.0. The first-order chi connectivity index (χ1) is 16.6. The molecule has 2 aliphatic heterocycles. The Bertz CT molecular complexity index is 1170. The molecule has 1 fully saturated rings. The van der Waals surface area contributed by atoms with Gasteiger partial charge in [-0.1, -0.05) is 28.9 Å². The van der Waals surface area contributed by atoms with Gasteiger partial charge < -0.3 is 14.5 Å². The number of fused-ring (bicyclic) bond motifs is 1. The lowest BCUT2D eigenvalue weighted by atomic mass is 10.1. The van der Waals surface area contributed by atoms with Gasteiger partial charge in [0.05, 0.1) is 24.6 Å². The average molecular weight is 499 g/mol. The Morgan fingerprint density at radius 2 is 1.74 bits per heavy atom. The van der Waals surface area contributed by atoms with Crippen molar-refractivity contribution in [2.45, 2.75) is 24.2 Å². The number of carbonyl (C=O) groups is 2. The molecule has 0 spiro atoms. The summed E-state index contributed by atoms with van der Waals surface area (Å²) in [5.74, 6) is 0.257. The van der Waals surface area contributed by atoms with E-state index in [2.05, 4.69) is 15.3 Å². The van der Waals surface area contributed by atoms with Crippen LogP contribution >= 0.6 is 23.4 Å². The number of thioether (sulfide) groups is 1. The highest BCUT2D eigenvalue weighted by Crippen LogP contribution is 2.28. The second-order valence-corrected chi connectivity index (χ2v) is 9.55.